The molecule has 34 heavy (non-hydrogen) atoms. The van der Waals surface area contributed by atoms with Crippen LogP contribution in [0, 0.1) is 10.1 Å². The van der Waals surface area contributed by atoms with Crippen molar-refractivity contribution >= 4 is 56.6 Å². The summed E-state index contributed by atoms with van der Waals surface area (Å²) in [6, 6.07) is 6.19. The molecule has 2 aromatic rings. The quantitative estimate of drug-likeness (QED) is 0.200. The largest absolute Gasteiger partial charge is 0.468 e. The van der Waals surface area contributed by atoms with Gasteiger partial charge in [0.1, 0.15) is 12.3 Å². The van der Waals surface area contributed by atoms with E-state index in [0.29, 0.717) is 29.5 Å². The van der Waals surface area contributed by atoms with Gasteiger partial charge in [-0.25, -0.2) is 0 Å². The molecule has 2 aromatic carbocycles. The highest BCUT2D eigenvalue weighted by Crippen LogP contribution is 2.40. The molecule has 1 heterocycles. The second-order valence-corrected chi connectivity index (χ2v) is 8.42. The Balaban J connectivity index is 1.84. The van der Waals surface area contributed by atoms with Crippen molar-refractivity contribution in [3.05, 3.63) is 67.0 Å². The van der Waals surface area contributed by atoms with E-state index >= 15 is 0 Å². The molecule has 1 aliphatic rings. The molecule has 0 atom stereocenters. The number of esters is 1. The first-order valence-corrected chi connectivity index (χ1v) is 10.7. The lowest BCUT2D eigenvalue weighted by Crippen LogP contribution is -2.34. The maximum Gasteiger partial charge on any atom is 0.416 e. The lowest BCUT2D eigenvalue weighted by atomic mass is 10.1. The Bertz CT molecular complexity index is 1230. The number of hydrogen-bond acceptors (Lipinski definition) is 8. The minimum absolute atomic E-state index is 0.0489. The molecule has 1 aliphatic heterocycles. The van der Waals surface area contributed by atoms with Crippen molar-refractivity contribution in [1.29, 1.82) is 0 Å². The third kappa shape index (κ3) is 5.56. The molecule has 1 saturated heterocycles. The number of halogens is 4. The van der Waals surface area contributed by atoms with Crippen LogP contribution in [-0.2, 0) is 20.5 Å². The van der Waals surface area contributed by atoms with Crippen molar-refractivity contribution in [3.8, 4) is 11.5 Å². The third-order valence-electron chi connectivity index (χ3n) is 4.35. The summed E-state index contributed by atoms with van der Waals surface area (Å²) >= 11 is 3.84. The van der Waals surface area contributed by atoms with Gasteiger partial charge in [0.25, 0.3) is 11.1 Å². The Hall–Kier alpha value is -3.39. The summed E-state index contributed by atoms with van der Waals surface area (Å²) in [5.74, 6) is -1.79. The predicted octanol–water partition coefficient (Wildman–Crippen LogP) is 5.38. The first-order chi connectivity index (χ1) is 15.9. The van der Waals surface area contributed by atoms with E-state index in [1.807, 2.05) is 0 Å². The molecule has 0 saturated carbocycles. The Morgan fingerprint density at radius 3 is 2.47 bits per heavy atom. The zero-order chi connectivity index (χ0) is 25.2. The zero-order valence-electron chi connectivity index (χ0n) is 16.9. The number of alkyl halides is 3. The van der Waals surface area contributed by atoms with Crippen molar-refractivity contribution < 1.29 is 42.0 Å². The number of carbonyl (C=O) groups is 3. The number of imide groups is 1. The SMILES string of the molecule is COC(=O)CN1C(=O)S/C(=C/c2ccc(Oc3ccc(C(F)(F)F)cc3[N+](=O)[O-])c(Br)c2)C1=O. The summed E-state index contributed by atoms with van der Waals surface area (Å²) in [5, 5.41) is 10.6. The number of amides is 2. The highest BCUT2D eigenvalue weighted by molar-refractivity contribution is 9.10. The van der Waals surface area contributed by atoms with Gasteiger partial charge in [-0.15, -0.1) is 0 Å². The number of nitro benzene ring substituents is 1. The molecule has 0 radical (unpaired) electrons. The number of methoxy groups -OCH3 is 1. The predicted molar refractivity (Wildman–Crippen MR) is 117 cm³/mol. The maximum absolute atomic E-state index is 12.9. The Kier molecular flexibility index (Phi) is 7.31. The molecule has 178 valence electrons. The number of nitro groups is 1. The number of thioether (sulfide) groups is 1. The fourth-order valence-corrected chi connectivity index (χ4v) is 4.03. The highest BCUT2D eigenvalue weighted by atomic mass is 79.9. The molecule has 3 rings (SSSR count). The first kappa shape index (κ1) is 25.2. The van der Waals surface area contributed by atoms with Crippen LogP contribution in [0.1, 0.15) is 11.1 Å². The monoisotopic (exact) mass is 560 g/mol. The fraction of sp³-hybridized carbons (Fsp3) is 0.150. The maximum atomic E-state index is 12.9. The standard InChI is InChI=1S/C20H12BrF3N2O7S/c1-32-17(27)9-25-18(28)16(34-19(25)29)7-10-2-4-14(12(21)6-10)33-15-5-3-11(20(22,23)24)8-13(15)26(30)31/h2-8H,9H2,1H3/b16-7+. The summed E-state index contributed by atoms with van der Waals surface area (Å²) in [7, 11) is 1.12. The Labute approximate surface area is 201 Å². The molecule has 0 N–H and O–H groups in total. The van der Waals surface area contributed by atoms with Crippen molar-refractivity contribution in [2.24, 2.45) is 0 Å². The summed E-state index contributed by atoms with van der Waals surface area (Å²) in [5.41, 5.74) is -1.63. The molecule has 0 aromatic heterocycles. The summed E-state index contributed by atoms with van der Waals surface area (Å²) in [6.07, 6.45) is -3.38. The minimum Gasteiger partial charge on any atom is -0.468 e. The van der Waals surface area contributed by atoms with E-state index in [-0.39, 0.29) is 15.1 Å². The molecule has 9 nitrogen and oxygen atoms in total. The Morgan fingerprint density at radius 2 is 1.88 bits per heavy atom. The smallest absolute Gasteiger partial charge is 0.416 e. The molecule has 2 amide bonds. The van der Waals surface area contributed by atoms with E-state index in [2.05, 4.69) is 20.7 Å². The number of nitrogens with zero attached hydrogens (tertiary/aromatic N) is 2. The molecule has 14 heteroatoms. The van der Waals surface area contributed by atoms with Crippen LogP contribution in [0.4, 0.5) is 23.7 Å². The van der Waals surface area contributed by atoms with Crippen LogP contribution < -0.4 is 4.74 Å². The normalized spacial score (nSPS) is 15.1. The van der Waals surface area contributed by atoms with E-state index in [4.69, 9.17) is 4.74 Å². The van der Waals surface area contributed by atoms with Gasteiger partial charge in [-0.05, 0) is 63.6 Å². The van der Waals surface area contributed by atoms with Crippen LogP contribution in [0.15, 0.2) is 45.8 Å². The third-order valence-corrected chi connectivity index (χ3v) is 5.87. The van der Waals surface area contributed by atoms with Gasteiger partial charge < -0.3 is 9.47 Å². The van der Waals surface area contributed by atoms with Gasteiger partial charge in [0.2, 0.25) is 5.75 Å². The lowest BCUT2D eigenvalue weighted by Gasteiger charge is -2.11. The van der Waals surface area contributed by atoms with Gasteiger partial charge in [-0.1, -0.05) is 6.07 Å². The molecular weight excluding hydrogens is 549 g/mol. The van der Waals surface area contributed by atoms with Crippen LogP contribution in [0.2, 0.25) is 0 Å². The summed E-state index contributed by atoms with van der Waals surface area (Å²) in [6.45, 7) is -0.527. The van der Waals surface area contributed by atoms with E-state index in [1.165, 1.54) is 24.3 Å². The lowest BCUT2D eigenvalue weighted by molar-refractivity contribution is -0.385. The van der Waals surface area contributed by atoms with Gasteiger partial charge >= 0.3 is 17.8 Å². The van der Waals surface area contributed by atoms with Gasteiger partial charge in [0.05, 0.1) is 27.0 Å². The van der Waals surface area contributed by atoms with E-state index in [0.717, 1.165) is 18.1 Å². The van der Waals surface area contributed by atoms with Crippen LogP contribution in [0.3, 0.4) is 0 Å². The average molecular weight is 561 g/mol. The summed E-state index contributed by atoms with van der Waals surface area (Å²) < 4.78 is 48.8. The molecule has 0 unspecified atom stereocenters. The average Bonchev–Trinajstić information content (AvgIpc) is 3.02. The molecule has 0 spiro atoms. The van der Waals surface area contributed by atoms with Crippen molar-refractivity contribution in [2.45, 2.75) is 6.18 Å². The van der Waals surface area contributed by atoms with Crippen molar-refractivity contribution in [2.75, 3.05) is 13.7 Å². The highest BCUT2D eigenvalue weighted by Gasteiger charge is 2.36. The molecule has 1 fully saturated rings. The summed E-state index contributed by atoms with van der Waals surface area (Å²) in [4.78, 5) is 46.8. The number of hydrogen-bond donors (Lipinski definition) is 0. The van der Waals surface area contributed by atoms with Gasteiger partial charge in [0, 0.05) is 6.07 Å². The van der Waals surface area contributed by atoms with Crippen LogP contribution in [0.5, 0.6) is 11.5 Å². The topological polar surface area (TPSA) is 116 Å². The van der Waals surface area contributed by atoms with Crippen molar-refractivity contribution in [1.82, 2.24) is 4.90 Å². The van der Waals surface area contributed by atoms with Crippen LogP contribution in [0.25, 0.3) is 6.08 Å². The van der Waals surface area contributed by atoms with Crippen LogP contribution in [-0.4, -0.2) is 40.6 Å². The van der Waals surface area contributed by atoms with E-state index in [1.54, 1.807) is 0 Å². The van der Waals surface area contributed by atoms with E-state index in [9.17, 15) is 37.7 Å². The molecular formula is C20H12BrF3N2O7S. The minimum atomic E-state index is -4.76. The Morgan fingerprint density at radius 1 is 1.21 bits per heavy atom. The fourth-order valence-electron chi connectivity index (χ4n) is 2.71. The first-order valence-electron chi connectivity index (χ1n) is 9.06. The molecule has 0 bridgehead atoms. The molecule has 0 aliphatic carbocycles. The number of ether oxygens (including phenoxy) is 2. The zero-order valence-corrected chi connectivity index (χ0v) is 19.3. The second kappa shape index (κ2) is 9.85. The second-order valence-electron chi connectivity index (χ2n) is 6.57. The van der Waals surface area contributed by atoms with Crippen LogP contribution >= 0.6 is 27.7 Å². The van der Waals surface area contributed by atoms with E-state index < -0.39 is 51.8 Å². The number of carbonyl (C=O) groups excluding carboxylic acids is 3. The number of benzene rings is 2. The van der Waals surface area contributed by atoms with Crippen molar-refractivity contribution in [3.63, 3.8) is 0 Å². The van der Waals surface area contributed by atoms with Gasteiger partial charge in [0.15, 0.2) is 0 Å². The van der Waals surface area contributed by atoms with Gasteiger partial charge in [-0.2, -0.15) is 13.2 Å². The van der Waals surface area contributed by atoms with Gasteiger partial charge in [-0.3, -0.25) is 29.4 Å². The number of rotatable bonds is 6.